The van der Waals surface area contributed by atoms with Crippen molar-refractivity contribution in [1.82, 2.24) is 4.90 Å². The van der Waals surface area contributed by atoms with Gasteiger partial charge in [-0.25, -0.2) is 0 Å². The van der Waals surface area contributed by atoms with Crippen LogP contribution in [0.15, 0.2) is 36.4 Å². The van der Waals surface area contributed by atoms with Crippen LogP contribution in [0.4, 0.5) is 5.69 Å². The molecule has 25 heavy (non-hydrogen) atoms. The van der Waals surface area contributed by atoms with Crippen LogP contribution in [0, 0.1) is 11.8 Å². The van der Waals surface area contributed by atoms with Gasteiger partial charge in [-0.1, -0.05) is 18.2 Å². The van der Waals surface area contributed by atoms with Crippen molar-refractivity contribution in [2.75, 3.05) is 38.2 Å². The van der Waals surface area contributed by atoms with Crippen LogP contribution in [-0.4, -0.2) is 50.1 Å². The summed E-state index contributed by atoms with van der Waals surface area (Å²) in [4.78, 5) is 28.1. The van der Waals surface area contributed by atoms with Crippen LogP contribution in [0.25, 0.3) is 0 Å². The lowest BCUT2D eigenvalue weighted by Crippen LogP contribution is -2.52. The van der Waals surface area contributed by atoms with Crippen molar-refractivity contribution in [2.24, 2.45) is 11.8 Å². The molecule has 0 N–H and O–H groups in total. The summed E-state index contributed by atoms with van der Waals surface area (Å²) in [5.41, 5.74) is 1.07. The highest BCUT2D eigenvalue weighted by Crippen LogP contribution is 2.28. The summed E-state index contributed by atoms with van der Waals surface area (Å²) >= 11 is 0. The van der Waals surface area contributed by atoms with E-state index in [9.17, 15) is 14.7 Å². The number of anilines is 1. The van der Waals surface area contributed by atoms with Crippen molar-refractivity contribution in [3.8, 4) is 5.75 Å². The molecule has 0 radical (unpaired) electrons. The highest BCUT2D eigenvalue weighted by molar-refractivity contribution is 5.85. The van der Waals surface area contributed by atoms with Gasteiger partial charge < -0.3 is 24.4 Å². The lowest BCUT2D eigenvalue weighted by Gasteiger charge is -2.39. The fourth-order valence-corrected chi connectivity index (χ4v) is 3.57. The smallest absolute Gasteiger partial charge is 0.226 e. The second-order valence-corrected chi connectivity index (χ2v) is 6.49. The minimum Gasteiger partial charge on any atom is -0.550 e. The maximum atomic E-state index is 12.8. The van der Waals surface area contributed by atoms with E-state index in [0.717, 1.165) is 24.5 Å². The van der Waals surface area contributed by atoms with E-state index in [-0.39, 0.29) is 5.91 Å². The number of carboxylic acid groups (broad SMARTS) is 1. The van der Waals surface area contributed by atoms with Gasteiger partial charge in [0.05, 0.1) is 7.11 Å². The molecule has 134 valence electrons. The first-order chi connectivity index (χ1) is 12.1. The third kappa shape index (κ3) is 3.78. The van der Waals surface area contributed by atoms with Gasteiger partial charge in [-0.3, -0.25) is 4.79 Å². The third-order valence-electron chi connectivity index (χ3n) is 5.06. The molecule has 0 spiro atoms. The molecular formula is C19H23N2O4-. The first-order valence-electron chi connectivity index (χ1n) is 8.64. The monoisotopic (exact) mass is 343 g/mol. The van der Waals surface area contributed by atoms with Crippen molar-refractivity contribution < 1.29 is 19.4 Å². The lowest BCUT2D eigenvalue weighted by molar-refractivity contribution is -0.313. The van der Waals surface area contributed by atoms with E-state index in [1.54, 1.807) is 12.0 Å². The van der Waals surface area contributed by atoms with E-state index in [4.69, 9.17) is 4.74 Å². The van der Waals surface area contributed by atoms with Crippen LogP contribution in [0.2, 0.25) is 0 Å². The molecule has 2 aliphatic rings. The summed E-state index contributed by atoms with van der Waals surface area (Å²) < 4.78 is 5.26. The number of carbonyl (C=O) groups is 2. The van der Waals surface area contributed by atoms with Crippen molar-refractivity contribution >= 4 is 17.6 Å². The standard InChI is InChI=1S/C19H24N2O4/c1-25-15-6-4-5-14(13-15)20-9-11-21(12-10-20)18(22)16-7-2-3-8-17(16)19(23)24/h2-6,13,16-17H,7-12H2,1H3,(H,23,24)/p-1/t16-,17+/m0/s1. The van der Waals surface area contributed by atoms with E-state index < -0.39 is 17.8 Å². The predicted molar refractivity (Wildman–Crippen MR) is 92.1 cm³/mol. The van der Waals surface area contributed by atoms with E-state index >= 15 is 0 Å². The van der Waals surface area contributed by atoms with Gasteiger partial charge >= 0.3 is 0 Å². The summed E-state index contributed by atoms with van der Waals surface area (Å²) in [5, 5.41) is 11.3. The average Bonchev–Trinajstić information content (AvgIpc) is 2.67. The zero-order valence-electron chi connectivity index (χ0n) is 14.4. The molecule has 0 aromatic heterocycles. The average molecular weight is 343 g/mol. The first kappa shape index (κ1) is 17.3. The van der Waals surface area contributed by atoms with Gasteiger partial charge in [-0.15, -0.1) is 0 Å². The van der Waals surface area contributed by atoms with E-state index in [1.807, 2.05) is 36.4 Å². The number of ether oxygens (including phenoxy) is 1. The molecule has 6 nitrogen and oxygen atoms in total. The molecule has 2 atom stereocenters. The van der Waals surface area contributed by atoms with Crippen molar-refractivity contribution in [3.63, 3.8) is 0 Å². The number of hydrogen-bond acceptors (Lipinski definition) is 5. The van der Waals surface area contributed by atoms with Gasteiger partial charge in [-0.2, -0.15) is 0 Å². The minimum atomic E-state index is -1.13. The Labute approximate surface area is 147 Å². The highest BCUT2D eigenvalue weighted by Gasteiger charge is 2.34. The number of nitrogens with zero attached hydrogens (tertiary/aromatic N) is 2. The van der Waals surface area contributed by atoms with E-state index in [2.05, 4.69) is 4.90 Å². The summed E-state index contributed by atoms with van der Waals surface area (Å²) in [6.45, 7) is 2.63. The lowest BCUT2D eigenvalue weighted by atomic mass is 9.82. The van der Waals surface area contributed by atoms with Gasteiger partial charge in [0.25, 0.3) is 0 Å². The minimum absolute atomic E-state index is 0.0659. The van der Waals surface area contributed by atoms with Crippen LogP contribution in [-0.2, 0) is 9.59 Å². The maximum Gasteiger partial charge on any atom is 0.226 e. The molecule has 3 rings (SSSR count). The Morgan fingerprint density at radius 3 is 2.40 bits per heavy atom. The van der Waals surface area contributed by atoms with Gasteiger partial charge in [0, 0.05) is 55.7 Å². The topological polar surface area (TPSA) is 72.9 Å². The fraction of sp³-hybridized carbons (Fsp3) is 0.474. The van der Waals surface area contributed by atoms with Gasteiger partial charge in [0.15, 0.2) is 0 Å². The molecule has 1 saturated heterocycles. The zero-order chi connectivity index (χ0) is 17.8. The SMILES string of the molecule is COc1cccc(N2CCN(C(=O)[C@H]3CC=CC[C@H]3C(=O)[O-])CC2)c1. The number of aliphatic carboxylic acids is 1. The Hall–Kier alpha value is -2.50. The van der Waals surface area contributed by atoms with Crippen molar-refractivity contribution in [2.45, 2.75) is 12.8 Å². The van der Waals surface area contributed by atoms with Gasteiger partial charge in [0.2, 0.25) is 5.91 Å². The highest BCUT2D eigenvalue weighted by atomic mass is 16.5. The number of piperazine rings is 1. The van der Waals surface area contributed by atoms with E-state index in [1.165, 1.54) is 0 Å². The number of carboxylic acids is 1. The Bertz CT molecular complexity index is 665. The number of hydrogen-bond donors (Lipinski definition) is 0. The Morgan fingerprint density at radius 2 is 1.76 bits per heavy atom. The molecule has 0 saturated carbocycles. The summed E-state index contributed by atoms with van der Waals surface area (Å²) in [6.07, 6.45) is 4.58. The van der Waals surface area contributed by atoms with Crippen molar-refractivity contribution in [1.29, 1.82) is 0 Å². The molecule has 1 aromatic carbocycles. The van der Waals surface area contributed by atoms with Gasteiger partial charge in [-0.05, 0) is 25.0 Å². The zero-order valence-corrected chi connectivity index (χ0v) is 14.4. The fourth-order valence-electron chi connectivity index (χ4n) is 3.57. The quantitative estimate of drug-likeness (QED) is 0.752. The van der Waals surface area contributed by atoms with Crippen LogP contribution < -0.4 is 14.7 Å². The Balaban J connectivity index is 1.62. The van der Waals surface area contributed by atoms with Crippen LogP contribution in [0.1, 0.15) is 12.8 Å². The first-order valence-corrected chi connectivity index (χ1v) is 8.64. The van der Waals surface area contributed by atoms with Crippen LogP contribution in [0.3, 0.4) is 0 Å². The van der Waals surface area contributed by atoms with Gasteiger partial charge in [0.1, 0.15) is 5.75 Å². The van der Waals surface area contributed by atoms with Crippen LogP contribution >= 0.6 is 0 Å². The molecule has 1 heterocycles. The van der Waals surface area contributed by atoms with Crippen molar-refractivity contribution in [3.05, 3.63) is 36.4 Å². The molecule has 1 aromatic rings. The predicted octanol–water partition coefficient (Wildman–Crippen LogP) is 0.676. The number of methoxy groups -OCH3 is 1. The molecule has 0 unspecified atom stereocenters. The summed E-state index contributed by atoms with van der Waals surface area (Å²) in [6, 6.07) is 7.86. The van der Waals surface area contributed by atoms with E-state index in [0.29, 0.717) is 25.9 Å². The Kier molecular flexibility index (Phi) is 5.26. The number of benzene rings is 1. The molecule has 0 bridgehead atoms. The Morgan fingerprint density at radius 1 is 1.08 bits per heavy atom. The third-order valence-corrected chi connectivity index (χ3v) is 5.06. The molecular weight excluding hydrogens is 320 g/mol. The maximum absolute atomic E-state index is 12.8. The van der Waals surface area contributed by atoms with Crippen LogP contribution in [0.5, 0.6) is 5.75 Å². The molecule has 6 heteroatoms. The molecule has 1 aliphatic carbocycles. The second-order valence-electron chi connectivity index (χ2n) is 6.49. The normalized spacial score (nSPS) is 23.4. The largest absolute Gasteiger partial charge is 0.550 e. The number of allylic oxidation sites excluding steroid dienone is 2. The molecule has 1 fully saturated rings. The molecule has 1 aliphatic heterocycles. The second kappa shape index (κ2) is 7.59. The summed E-state index contributed by atoms with van der Waals surface area (Å²) in [7, 11) is 1.64. The molecule has 1 amide bonds. The number of rotatable bonds is 4. The number of amides is 1. The number of carbonyl (C=O) groups excluding carboxylic acids is 2. The summed E-state index contributed by atoms with van der Waals surface area (Å²) in [5.74, 6) is -1.60.